The van der Waals surface area contributed by atoms with Crippen LogP contribution in [0.3, 0.4) is 0 Å². The summed E-state index contributed by atoms with van der Waals surface area (Å²) in [5.41, 5.74) is 6.11. The lowest BCUT2D eigenvalue weighted by Crippen LogP contribution is -2.44. The van der Waals surface area contributed by atoms with Crippen LogP contribution in [-0.2, 0) is 10.2 Å². The standard InChI is InChI=1S/C11H16F3N3O2S/c1-2-6-17(10-5-3-4-9(15)7-10)20(18,19)16-8-11(12,13)14/h3-5,7,16H,2,6,8,15H2,1H3. The highest BCUT2D eigenvalue weighted by Gasteiger charge is 2.31. The normalized spacial score (nSPS) is 12.4. The molecule has 0 saturated heterocycles. The van der Waals surface area contributed by atoms with Crippen molar-refractivity contribution in [3.05, 3.63) is 24.3 Å². The first kappa shape index (κ1) is 16.6. The van der Waals surface area contributed by atoms with Crippen LogP contribution in [0.5, 0.6) is 0 Å². The van der Waals surface area contributed by atoms with Gasteiger partial charge >= 0.3 is 16.4 Å². The van der Waals surface area contributed by atoms with E-state index in [1.807, 2.05) is 0 Å². The molecule has 1 aromatic rings. The number of nitrogens with two attached hydrogens (primary N) is 1. The highest BCUT2D eigenvalue weighted by atomic mass is 32.2. The van der Waals surface area contributed by atoms with E-state index >= 15 is 0 Å². The molecule has 0 radical (unpaired) electrons. The summed E-state index contributed by atoms with van der Waals surface area (Å²) < 4.78 is 62.7. The zero-order chi connectivity index (χ0) is 15.4. The summed E-state index contributed by atoms with van der Waals surface area (Å²) in [6.07, 6.45) is -4.16. The second-order valence-corrected chi connectivity index (χ2v) is 5.79. The monoisotopic (exact) mass is 311 g/mol. The van der Waals surface area contributed by atoms with E-state index in [2.05, 4.69) is 0 Å². The van der Waals surface area contributed by atoms with Crippen molar-refractivity contribution in [3.63, 3.8) is 0 Å². The Morgan fingerprint density at radius 1 is 1.35 bits per heavy atom. The summed E-state index contributed by atoms with van der Waals surface area (Å²) in [7, 11) is -4.28. The molecule has 0 aliphatic carbocycles. The van der Waals surface area contributed by atoms with Crippen LogP contribution in [-0.4, -0.2) is 27.7 Å². The van der Waals surface area contributed by atoms with Crippen molar-refractivity contribution >= 4 is 21.6 Å². The van der Waals surface area contributed by atoms with Crippen molar-refractivity contribution in [2.45, 2.75) is 19.5 Å². The van der Waals surface area contributed by atoms with Crippen LogP contribution in [0.1, 0.15) is 13.3 Å². The number of anilines is 2. The number of hydrogen-bond donors (Lipinski definition) is 2. The fourth-order valence-corrected chi connectivity index (χ4v) is 2.84. The van der Waals surface area contributed by atoms with E-state index in [4.69, 9.17) is 5.73 Å². The van der Waals surface area contributed by atoms with Crippen molar-refractivity contribution in [1.29, 1.82) is 0 Å². The number of benzene rings is 1. The van der Waals surface area contributed by atoms with Crippen LogP contribution < -0.4 is 14.8 Å². The van der Waals surface area contributed by atoms with Crippen LogP contribution in [0.25, 0.3) is 0 Å². The number of alkyl halides is 3. The average Bonchev–Trinajstić information content (AvgIpc) is 2.32. The molecule has 1 aromatic carbocycles. The summed E-state index contributed by atoms with van der Waals surface area (Å²) in [6, 6.07) is 5.96. The zero-order valence-electron chi connectivity index (χ0n) is 10.8. The Bertz CT molecular complexity index is 546. The van der Waals surface area contributed by atoms with Gasteiger partial charge in [0.25, 0.3) is 0 Å². The number of nitrogen functional groups attached to an aromatic ring is 1. The highest BCUT2D eigenvalue weighted by Crippen LogP contribution is 2.21. The van der Waals surface area contributed by atoms with Crippen molar-refractivity contribution in [3.8, 4) is 0 Å². The van der Waals surface area contributed by atoms with E-state index < -0.39 is 22.9 Å². The molecule has 0 aromatic heterocycles. The Kier molecular flexibility index (Phi) is 5.23. The van der Waals surface area contributed by atoms with Crippen molar-refractivity contribution < 1.29 is 21.6 Å². The summed E-state index contributed by atoms with van der Waals surface area (Å²) >= 11 is 0. The minimum atomic E-state index is -4.61. The molecule has 0 amide bonds. The van der Waals surface area contributed by atoms with Crippen LogP contribution >= 0.6 is 0 Å². The number of rotatable bonds is 6. The third-order valence-corrected chi connectivity index (χ3v) is 3.81. The van der Waals surface area contributed by atoms with Gasteiger partial charge in [-0.1, -0.05) is 13.0 Å². The van der Waals surface area contributed by atoms with Gasteiger partial charge in [-0.05, 0) is 24.6 Å². The Morgan fingerprint density at radius 2 is 2.00 bits per heavy atom. The van der Waals surface area contributed by atoms with E-state index in [0.717, 1.165) is 4.31 Å². The minimum Gasteiger partial charge on any atom is -0.399 e. The maximum Gasteiger partial charge on any atom is 0.402 e. The lowest BCUT2D eigenvalue weighted by Gasteiger charge is -2.24. The largest absolute Gasteiger partial charge is 0.402 e. The molecule has 0 unspecified atom stereocenters. The Labute approximate surface area is 115 Å². The molecule has 0 heterocycles. The highest BCUT2D eigenvalue weighted by molar-refractivity contribution is 7.90. The maximum absolute atomic E-state index is 12.1. The molecule has 0 atom stereocenters. The molecule has 0 bridgehead atoms. The molecule has 3 N–H and O–H groups in total. The molecular formula is C11H16F3N3O2S. The van der Waals surface area contributed by atoms with Gasteiger partial charge in [-0.2, -0.15) is 26.3 Å². The molecule has 5 nitrogen and oxygen atoms in total. The Hall–Kier alpha value is -1.48. The summed E-state index contributed by atoms with van der Waals surface area (Å²) in [6.45, 7) is 0.160. The van der Waals surface area contributed by atoms with E-state index in [1.54, 1.807) is 13.0 Å². The molecule has 1 rings (SSSR count). The number of hydrogen-bond acceptors (Lipinski definition) is 3. The molecule has 20 heavy (non-hydrogen) atoms. The van der Waals surface area contributed by atoms with Gasteiger partial charge in [0.05, 0.1) is 5.69 Å². The quantitative estimate of drug-likeness (QED) is 0.788. The summed E-state index contributed by atoms with van der Waals surface area (Å²) in [4.78, 5) is 0. The summed E-state index contributed by atoms with van der Waals surface area (Å²) in [5.74, 6) is 0. The van der Waals surface area contributed by atoms with Gasteiger partial charge in [-0.15, -0.1) is 0 Å². The van der Waals surface area contributed by atoms with Gasteiger partial charge in [0.2, 0.25) is 0 Å². The Morgan fingerprint density at radius 3 is 2.50 bits per heavy atom. The van der Waals surface area contributed by atoms with Crippen molar-refractivity contribution in [2.75, 3.05) is 23.1 Å². The number of halogens is 3. The van der Waals surface area contributed by atoms with Crippen LogP contribution in [0.2, 0.25) is 0 Å². The van der Waals surface area contributed by atoms with Gasteiger partial charge < -0.3 is 5.73 Å². The lowest BCUT2D eigenvalue weighted by molar-refractivity contribution is -0.121. The van der Waals surface area contributed by atoms with E-state index in [1.165, 1.54) is 22.9 Å². The Balaban J connectivity index is 3.01. The summed E-state index contributed by atoms with van der Waals surface area (Å²) in [5, 5.41) is 0. The van der Waals surface area contributed by atoms with E-state index in [0.29, 0.717) is 12.1 Å². The minimum absolute atomic E-state index is 0.0522. The van der Waals surface area contributed by atoms with Crippen LogP contribution in [0, 0.1) is 0 Å². The molecular weight excluding hydrogens is 295 g/mol. The van der Waals surface area contributed by atoms with Gasteiger partial charge in [-0.3, -0.25) is 4.31 Å². The molecule has 9 heteroatoms. The predicted octanol–water partition coefficient (Wildman–Crippen LogP) is 1.88. The van der Waals surface area contributed by atoms with Gasteiger partial charge in [0.1, 0.15) is 6.54 Å². The predicted molar refractivity (Wildman–Crippen MR) is 71.5 cm³/mol. The van der Waals surface area contributed by atoms with E-state index in [9.17, 15) is 21.6 Å². The molecule has 0 aliphatic heterocycles. The fourth-order valence-electron chi connectivity index (χ4n) is 1.52. The third kappa shape index (κ3) is 4.89. The van der Waals surface area contributed by atoms with Crippen LogP contribution in [0.15, 0.2) is 24.3 Å². The first-order valence-corrected chi connectivity index (χ1v) is 7.29. The van der Waals surface area contributed by atoms with Gasteiger partial charge in [0.15, 0.2) is 0 Å². The van der Waals surface area contributed by atoms with Crippen molar-refractivity contribution in [2.24, 2.45) is 0 Å². The molecule has 0 aliphatic rings. The molecule has 0 fully saturated rings. The average molecular weight is 311 g/mol. The lowest BCUT2D eigenvalue weighted by atomic mass is 10.3. The fraction of sp³-hybridized carbons (Fsp3) is 0.455. The van der Waals surface area contributed by atoms with E-state index in [-0.39, 0.29) is 12.2 Å². The number of nitrogens with zero attached hydrogens (tertiary/aromatic N) is 1. The molecule has 0 saturated carbocycles. The molecule has 0 spiro atoms. The SMILES string of the molecule is CCCN(c1cccc(N)c1)S(=O)(=O)NCC(F)(F)F. The smallest absolute Gasteiger partial charge is 0.399 e. The van der Waals surface area contributed by atoms with Gasteiger partial charge in [-0.25, -0.2) is 0 Å². The third-order valence-electron chi connectivity index (χ3n) is 2.33. The topological polar surface area (TPSA) is 75.4 Å². The first-order chi connectivity index (χ1) is 9.15. The first-order valence-electron chi connectivity index (χ1n) is 5.85. The second kappa shape index (κ2) is 6.31. The van der Waals surface area contributed by atoms with Gasteiger partial charge in [0, 0.05) is 12.2 Å². The molecule has 114 valence electrons. The number of nitrogens with one attached hydrogen (secondary N) is 1. The van der Waals surface area contributed by atoms with Crippen LogP contribution in [0.4, 0.5) is 24.5 Å². The maximum atomic E-state index is 12.1. The van der Waals surface area contributed by atoms with Crippen molar-refractivity contribution in [1.82, 2.24) is 4.72 Å². The zero-order valence-corrected chi connectivity index (χ0v) is 11.6. The second-order valence-electron chi connectivity index (χ2n) is 4.11.